The number of aromatic nitrogens is 1. The van der Waals surface area contributed by atoms with E-state index in [9.17, 15) is 14.9 Å². The van der Waals surface area contributed by atoms with Crippen LogP contribution in [0.5, 0.6) is 11.5 Å². The molecule has 0 saturated carbocycles. The summed E-state index contributed by atoms with van der Waals surface area (Å²) in [5, 5.41) is 14.5. The Labute approximate surface area is 187 Å². The molecule has 0 bridgehead atoms. The van der Waals surface area contributed by atoms with Gasteiger partial charge in [-0.25, -0.2) is 9.78 Å². The third kappa shape index (κ3) is 5.92. The molecule has 3 aromatic rings. The number of nitrogens with one attached hydrogen (secondary N) is 1. The van der Waals surface area contributed by atoms with E-state index < -0.39 is 11.9 Å². The van der Waals surface area contributed by atoms with Crippen molar-refractivity contribution in [3.05, 3.63) is 75.8 Å². The Hall–Kier alpha value is -3.67. The van der Waals surface area contributed by atoms with Crippen LogP contribution in [0.25, 0.3) is 6.08 Å². The van der Waals surface area contributed by atoms with E-state index in [1.54, 1.807) is 61.0 Å². The molecule has 31 heavy (non-hydrogen) atoms. The molecule has 156 valence electrons. The summed E-state index contributed by atoms with van der Waals surface area (Å²) in [6.07, 6.45) is 2.96. The molecule has 0 aliphatic rings. The molecular formula is C22H16ClN3O4S. The second-order valence-electron chi connectivity index (χ2n) is 6.00. The molecule has 0 aliphatic carbocycles. The predicted octanol–water partition coefficient (Wildman–Crippen LogP) is 4.96. The molecule has 0 saturated heterocycles. The van der Waals surface area contributed by atoms with E-state index in [0.717, 1.165) is 0 Å². The SMILES string of the molecule is CCOc1cc(C=C(C#N)C(=O)Nc2nccs2)ccc1OC(=O)c1ccc(Cl)cc1. The molecule has 2 aromatic carbocycles. The number of amides is 1. The Morgan fingerprint density at radius 3 is 2.65 bits per heavy atom. The molecule has 3 rings (SSSR count). The number of carbonyl (C=O) groups is 2. The van der Waals surface area contributed by atoms with Crippen molar-refractivity contribution in [3.63, 3.8) is 0 Å². The lowest BCUT2D eigenvalue weighted by Crippen LogP contribution is -2.13. The molecule has 1 N–H and O–H groups in total. The summed E-state index contributed by atoms with van der Waals surface area (Å²) >= 11 is 7.09. The Morgan fingerprint density at radius 2 is 2.00 bits per heavy atom. The predicted molar refractivity (Wildman–Crippen MR) is 118 cm³/mol. The molecule has 0 radical (unpaired) electrons. The van der Waals surface area contributed by atoms with E-state index in [-0.39, 0.29) is 11.3 Å². The lowest BCUT2D eigenvalue weighted by molar-refractivity contribution is -0.112. The maximum atomic E-state index is 12.4. The highest BCUT2D eigenvalue weighted by molar-refractivity contribution is 7.13. The fraction of sp³-hybridized carbons (Fsp3) is 0.0909. The van der Waals surface area contributed by atoms with Crippen molar-refractivity contribution in [2.24, 2.45) is 0 Å². The number of benzene rings is 2. The van der Waals surface area contributed by atoms with Crippen LogP contribution in [0.1, 0.15) is 22.8 Å². The first kappa shape index (κ1) is 22.0. The van der Waals surface area contributed by atoms with Crippen molar-refractivity contribution >= 4 is 46.0 Å². The zero-order valence-corrected chi connectivity index (χ0v) is 17.9. The molecule has 0 unspecified atom stereocenters. The van der Waals surface area contributed by atoms with Gasteiger partial charge < -0.3 is 9.47 Å². The van der Waals surface area contributed by atoms with Gasteiger partial charge in [-0.2, -0.15) is 5.26 Å². The van der Waals surface area contributed by atoms with E-state index in [2.05, 4.69) is 10.3 Å². The molecule has 0 atom stereocenters. The maximum absolute atomic E-state index is 12.4. The number of nitrogens with zero attached hydrogens (tertiary/aromatic N) is 2. The highest BCUT2D eigenvalue weighted by Crippen LogP contribution is 2.30. The number of carbonyl (C=O) groups excluding carboxylic acids is 2. The lowest BCUT2D eigenvalue weighted by Gasteiger charge is -2.11. The average Bonchev–Trinajstić information content (AvgIpc) is 3.27. The van der Waals surface area contributed by atoms with Gasteiger partial charge in [-0.3, -0.25) is 10.1 Å². The van der Waals surface area contributed by atoms with Crippen LogP contribution < -0.4 is 14.8 Å². The van der Waals surface area contributed by atoms with Crippen LogP contribution >= 0.6 is 22.9 Å². The largest absolute Gasteiger partial charge is 0.490 e. The minimum atomic E-state index is -0.575. The van der Waals surface area contributed by atoms with E-state index in [0.29, 0.717) is 33.6 Å². The molecule has 1 amide bonds. The van der Waals surface area contributed by atoms with Crippen LogP contribution in [-0.2, 0) is 4.79 Å². The minimum Gasteiger partial charge on any atom is -0.490 e. The van der Waals surface area contributed by atoms with Gasteiger partial charge in [-0.15, -0.1) is 11.3 Å². The van der Waals surface area contributed by atoms with Gasteiger partial charge in [0.1, 0.15) is 11.6 Å². The fourth-order valence-corrected chi connectivity index (χ4v) is 3.13. The summed E-state index contributed by atoms with van der Waals surface area (Å²) in [5.74, 6) is -0.629. The van der Waals surface area contributed by atoms with E-state index in [1.165, 1.54) is 17.4 Å². The van der Waals surface area contributed by atoms with Crippen molar-refractivity contribution in [2.45, 2.75) is 6.92 Å². The highest BCUT2D eigenvalue weighted by Gasteiger charge is 2.15. The summed E-state index contributed by atoms with van der Waals surface area (Å²) in [6, 6.07) is 12.9. The molecule has 0 spiro atoms. The summed E-state index contributed by atoms with van der Waals surface area (Å²) in [6.45, 7) is 2.11. The summed E-state index contributed by atoms with van der Waals surface area (Å²) in [7, 11) is 0. The minimum absolute atomic E-state index is 0.108. The first-order valence-corrected chi connectivity index (χ1v) is 10.3. The molecule has 1 aromatic heterocycles. The van der Waals surface area contributed by atoms with Gasteiger partial charge in [0, 0.05) is 16.6 Å². The molecule has 1 heterocycles. The monoisotopic (exact) mass is 453 g/mol. The number of hydrogen-bond acceptors (Lipinski definition) is 7. The topological polar surface area (TPSA) is 101 Å². The Balaban J connectivity index is 1.82. The molecule has 0 aliphatic heterocycles. The number of ether oxygens (including phenoxy) is 2. The van der Waals surface area contributed by atoms with Gasteiger partial charge in [0.05, 0.1) is 12.2 Å². The van der Waals surface area contributed by atoms with Crippen molar-refractivity contribution in [3.8, 4) is 17.6 Å². The van der Waals surface area contributed by atoms with Gasteiger partial charge >= 0.3 is 5.97 Å². The van der Waals surface area contributed by atoms with Crippen molar-refractivity contribution in [2.75, 3.05) is 11.9 Å². The third-order valence-corrected chi connectivity index (χ3v) is 4.82. The van der Waals surface area contributed by atoms with Gasteiger partial charge in [0.2, 0.25) is 0 Å². The fourth-order valence-electron chi connectivity index (χ4n) is 2.48. The van der Waals surface area contributed by atoms with E-state index in [4.69, 9.17) is 21.1 Å². The number of thiazole rings is 1. The number of hydrogen-bond donors (Lipinski definition) is 1. The third-order valence-electron chi connectivity index (χ3n) is 3.88. The Morgan fingerprint density at radius 1 is 1.23 bits per heavy atom. The molecule has 7 nitrogen and oxygen atoms in total. The summed E-state index contributed by atoms with van der Waals surface area (Å²) < 4.78 is 11.0. The van der Waals surface area contributed by atoms with Gasteiger partial charge in [-0.05, 0) is 55.0 Å². The van der Waals surface area contributed by atoms with Crippen LogP contribution in [0, 0.1) is 11.3 Å². The molecule has 0 fully saturated rings. The number of nitriles is 1. The smallest absolute Gasteiger partial charge is 0.343 e. The van der Waals surface area contributed by atoms with Crippen molar-refractivity contribution in [1.29, 1.82) is 5.26 Å². The number of anilines is 1. The summed E-state index contributed by atoms with van der Waals surface area (Å²) in [5.41, 5.74) is 0.755. The van der Waals surface area contributed by atoms with Gasteiger partial charge in [0.25, 0.3) is 5.91 Å². The van der Waals surface area contributed by atoms with Gasteiger partial charge in [-0.1, -0.05) is 17.7 Å². The Bertz CT molecular complexity index is 1150. The normalized spacial score (nSPS) is 10.8. The van der Waals surface area contributed by atoms with Crippen LogP contribution in [0.2, 0.25) is 5.02 Å². The van der Waals surface area contributed by atoms with Gasteiger partial charge in [0.15, 0.2) is 16.6 Å². The maximum Gasteiger partial charge on any atom is 0.343 e. The van der Waals surface area contributed by atoms with Crippen molar-refractivity contribution in [1.82, 2.24) is 4.98 Å². The zero-order chi connectivity index (χ0) is 22.2. The highest BCUT2D eigenvalue weighted by atomic mass is 35.5. The van der Waals surface area contributed by atoms with Crippen LogP contribution in [0.4, 0.5) is 5.13 Å². The second kappa shape index (κ2) is 10.4. The number of rotatable bonds is 7. The summed E-state index contributed by atoms with van der Waals surface area (Å²) in [4.78, 5) is 28.7. The van der Waals surface area contributed by atoms with E-state index in [1.807, 2.05) is 6.07 Å². The lowest BCUT2D eigenvalue weighted by atomic mass is 10.1. The first-order valence-electron chi connectivity index (χ1n) is 9.07. The average molecular weight is 454 g/mol. The molecular weight excluding hydrogens is 438 g/mol. The van der Waals surface area contributed by atoms with Crippen molar-refractivity contribution < 1.29 is 19.1 Å². The quantitative estimate of drug-likeness (QED) is 0.235. The van der Waals surface area contributed by atoms with Crippen LogP contribution in [0.15, 0.2) is 59.6 Å². The zero-order valence-electron chi connectivity index (χ0n) is 16.3. The number of esters is 1. The second-order valence-corrected chi connectivity index (χ2v) is 7.33. The standard InChI is InChI=1S/C22H16ClN3O4S/c1-2-29-19-12-14(11-16(13-24)20(27)26-22-25-9-10-31-22)3-8-18(19)30-21(28)15-4-6-17(23)7-5-15/h3-12H,2H2,1H3,(H,25,26,27). The van der Waals surface area contributed by atoms with E-state index >= 15 is 0 Å². The van der Waals surface area contributed by atoms with Crippen LogP contribution in [-0.4, -0.2) is 23.5 Å². The van der Waals surface area contributed by atoms with Crippen LogP contribution in [0.3, 0.4) is 0 Å². The Kier molecular flexibility index (Phi) is 7.38. The molecule has 9 heteroatoms. The first-order chi connectivity index (χ1) is 15.0. The number of halogens is 1.